The number of nitrogens with zero attached hydrogens (tertiary/aromatic N) is 5. The van der Waals surface area contributed by atoms with E-state index in [1.54, 1.807) is 30.9 Å². The zero-order chi connectivity index (χ0) is 25.6. The Bertz CT molecular complexity index is 1270. The van der Waals surface area contributed by atoms with Crippen molar-refractivity contribution in [3.8, 4) is 0 Å². The molecule has 1 saturated heterocycles. The molecule has 2 aliphatic rings. The minimum atomic E-state index is -4.57. The molecule has 1 fully saturated rings. The maximum Gasteiger partial charge on any atom is 0.410 e. The van der Waals surface area contributed by atoms with Crippen LogP contribution >= 0.6 is 0 Å². The molecule has 13 heteroatoms. The van der Waals surface area contributed by atoms with Crippen molar-refractivity contribution in [3.05, 3.63) is 47.3 Å². The van der Waals surface area contributed by atoms with Gasteiger partial charge in [0.2, 0.25) is 5.91 Å². The Balaban J connectivity index is 1.40. The first-order valence-electron chi connectivity index (χ1n) is 11.7. The quantitative estimate of drug-likeness (QED) is 0.546. The Morgan fingerprint density at radius 3 is 2.67 bits per heavy atom. The van der Waals surface area contributed by atoms with E-state index in [0.717, 1.165) is 36.8 Å². The van der Waals surface area contributed by atoms with E-state index in [4.69, 9.17) is 4.42 Å². The van der Waals surface area contributed by atoms with Crippen molar-refractivity contribution < 1.29 is 27.2 Å². The van der Waals surface area contributed by atoms with E-state index in [1.807, 2.05) is 0 Å². The molecule has 2 amide bonds. The smallest absolute Gasteiger partial charge is 0.410 e. The van der Waals surface area contributed by atoms with E-state index in [1.165, 1.54) is 10.9 Å². The fourth-order valence-electron chi connectivity index (χ4n) is 4.81. The molecule has 0 aromatic carbocycles. The van der Waals surface area contributed by atoms with Gasteiger partial charge in [0.1, 0.15) is 23.7 Å². The molecule has 0 bridgehead atoms. The lowest BCUT2D eigenvalue weighted by Crippen LogP contribution is -2.36. The Kier molecular flexibility index (Phi) is 6.00. The first-order valence-corrected chi connectivity index (χ1v) is 11.7. The Morgan fingerprint density at radius 2 is 2.00 bits per heavy atom. The van der Waals surface area contributed by atoms with Crippen LogP contribution in [0.4, 0.5) is 24.7 Å². The number of aromatic nitrogens is 4. The molecule has 2 unspecified atom stereocenters. The van der Waals surface area contributed by atoms with Crippen LogP contribution in [0.3, 0.4) is 0 Å². The van der Waals surface area contributed by atoms with Crippen LogP contribution in [0.5, 0.6) is 0 Å². The summed E-state index contributed by atoms with van der Waals surface area (Å²) in [5.74, 6) is -0.400. The van der Waals surface area contributed by atoms with Gasteiger partial charge in [0, 0.05) is 19.5 Å². The number of carbonyl (C=O) groups is 2. The van der Waals surface area contributed by atoms with Gasteiger partial charge < -0.3 is 20.0 Å². The monoisotopic (exact) mass is 505 g/mol. The predicted octanol–water partition coefficient (Wildman–Crippen LogP) is 3.82. The zero-order valence-electron chi connectivity index (χ0n) is 19.8. The fraction of sp³-hybridized carbons (Fsp3) is 0.478. The average molecular weight is 506 g/mol. The highest BCUT2D eigenvalue weighted by atomic mass is 19.4. The summed E-state index contributed by atoms with van der Waals surface area (Å²) in [6.45, 7) is 4.91. The van der Waals surface area contributed by atoms with Crippen molar-refractivity contribution in [2.75, 3.05) is 23.7 Å². The highest BCUT2D eigenvalue weighted by molar-refractivity contribution is 6.08. The van der Waals surface area contributed by atoms with Gasteiger partial charge in [-0.1, -0.05) is 0 Å². The molecule has 0 radical (unpaired) electrons. The van der Waals surface area contributed by atoms with Crippen LogP contribution in [-0.2, 0) is 11.3 Å². The van der Waals surface area contributed by atoms with E-state index in [-0.39, 0.29) is 30.3 Å². The minimum Gasteiger partial charge on any atom is -0.467 e. The Morgan fingerprint density at radius 1 is 1.25 bits per heavy atom. The van der Waals surface area contributed by atoms with E-state index in [9.17, 15) is 22.8 Å². The number of alkyl halides is 3. The van der Waals surface area contributed by atoms with Crippen LogP contribution in [-0.4, -0.2) is 55.5 Å². The van der Waals surface area contributed by atoms with Crippen molar-refractivity contribution in [3.63, 3.8) is 0 Å². The molecular formula is C23H26F3N7O3. The summed E-state index contributed by atoms with van der Waals surface area (Å²) in [4.78, 5) is 27.6. The number of hydrogen-bond acceptors (Lipinski definition) is 6. The van der Waals surface area contributed by atoms with Crippen molar-refractivity contribution in [2.24, 2.45) is 0 Å². The van der Waals surface area contributed by atoms with Gasteiger partial charge in [-0.25, -0.2) is 4.68 Å². The van der Waals surface area contributed by atoms with Crippen molar-refractivity contribution in [1.82, 2.24) is 24.5 Å². The molecule has 5 heterocycles. The summed E-state index contributed by atoms with van der Waals surface area (Å²) in [6.07, 6.45) is -0.446. The molecule has 36 heavy (non-hydrogen) atoms. The third-order valence-corrected chi connectivity index (χ3v) is 6.73. The first-order chi connectivity index (χ1) is 17.1. The second-order valence-electron chi connectivity index (χ2n) is 9.10. The second kappa shape index (κ2) is 9.03. The highest BCUT2D eigenvalue weighted by Gasteiger charge is 2.47. The number of carbonyl (C=O) groups excluding carboxylic acids is 2. The zero-order valence-corrected chi connectivity index (χ0v) is 19.8. The lowest BCUT2D eigenvalue weighted by molar-refractivity contribution is -0.174. The number of hydrogen-bond donors (Lipinski definition) is 2. The van der Waals surface area contributed by atoms with E-state index in [0.29, 0.717) is 22.8 Å². The normalized spacial score (nSPS) is 19.8. The maximum absolute atomic E-state index is 13.9. The maximum atomic E-state index is 13.9. The van der Waals surface area contributed by atoms with Crippen LogP contribution in [0.25, 0.3) is 0 Å². The summed E-state index contributed by atoms with van der Waals surface area (Å²) in [6, 6.07) is 0.469. The molecule has 0 saturated carbocycles. The van der Waals surface area contributed by atoms with Crippen LogP contribution in [0, 0.1) is 13.8 Å². The van der Waals surface area contributed by atoms with Crippen LogP contribution in [0.2, 0.25) is 0 Å². The predicted molar refractivity (Wildman–Crippen MR) is 122 cm³/mol. The summed E-state index contributed by atoms with van der Waals surface area (Å²) in [5.41, 5.74) is 1.43. The number of halogens is 3. The molecule has 192 valence electrons. The number of rotatable bonds is 5. The van der Waals surface area contributed by atoms with Gasteiger partial charge in [-0.15, -0.1) is 0 Å². The molecule has 5 rings (SSSR count). The van der Waals surface area contributed by atoms with Crippen LogP contribution in [0.15, 0.2) is 29.0 Å². The van der Waals surface area contributed by atoms with Crippen LogP contribution < -0.4 is 10.6 Å². The van der Waals surface area contributed by atoms with Crippen LogP contribution in [0.1, 0.15) is 58.9 Å². The molecule has 2 aliphatic heterocycles. The van der Waals surface area contributed by atoms with E-state index >= 15 is 0 Å². The van der Waals surface area contributed by atoms with Gasteiger partial charge in [0.15, 0.2) is 6.04 Å². The number of likely N-dealkylation sites (tertiary alicyclic amines) is 1. The summed E-state index contributed by atoms with van der Waals surface area (Å²) < 4.78 is 49.2. The number of nitrogens with one attached hydrogen (secondary N) is 2. The second-order valence-corrected chi connectivity index (χ2v) is 9.10. The number of fused-ring (bicyclic) bond motifs is 1. The highest BCUT2D eigenvalue weighted by Crippen LogP contribution is 2.44. The van der Waals surface area contributed by atoms with Crippen molar-refractivity contribution in [2.45, 2.75) is 57.9 Å². The Labute approximate surface area is 204 Å². The molecule has 0 spiro atoms. The van der Waals surface area contributed by atoms with Gasteiger partial charge >= 0.3 is 6.18 Å². The van der Waals surface area contributed by atoms with Gasteiger partial charge in [-0.2, -0.15) is 23.4 Å². The number of aryl methyl sites for hydroxylation is 1. The largest absolute Gasteiger partial charge is 0.467 e. The minimum absolute atomic E-state index is 0.0415. The molecule has 2 N–H and O–H groups in total. The van der Waals surface area contributed by atoms with Gasteiger partial charge in [-0.3, -0.25) is 14.3 Å². The van der Waals surface area contributed by atoms with Crippen molar-refractivity contribution >= 4 is 23.3 Å². The van der Waals surface area contributed by atoms with Gasteiger partial charge in [0.25, 0.3) is 5.91 Å². The number of furan rings is 1. The average Bonchev–Trinajstić information content (AvgIpc) is 3.63. The lowest BCUT2D eigenvalue weighted by Gasteiger charge is -2.32. The fourth-order valence-corrected chi connectivity index (χ4v) is 4.81. The molecule has 0 aliphatic carbocycles. The summed E-state index contributed by atoms with van der Waals surface area (Å²) in [7, 11) is 0. The topological polar surface area (TPSA) is 110 Å². The van der Waals surface area contributed by atoms with Gasteiger partial charge in [0.05, 0.1) is 35.6 Å². The number of amides is 2. The van der Waals surface area contributed by atoms with E-state index in [2.05, 4.69) is 20.8 Å². The molecule has 3 aromatic heterocycles. The summed E-state index contributed by atoms with van der Waals surface area (Å²) >= 11 is 0. The standard InChI is InChI=1S/C23H26F3N7O3/c1-13-20(14(2)32(30-13)12-19(34)31-7-3-4-8-31)29-22(35)15-11-27-33-18(23(24,25)26)10-16(28-21(15)33)17-6-5-9-36-17/h5-6,9,11,16,18,28H,3-4,7-8,10,12H2,1-2H3,(H,29,35). The third-order valence-electron chi connectivity index (χ3n) is 6.73. The molecule has 3 aromatic rings. The third kappa shape index (κ3) is 4.33. The SMILES string of the molecule is Cc1nn(CC(=O)N2CCCC2)c(C)c1NC(=O)c1cnn2c1NC(c1ccco1)CC2C(F)(F)F. The summed E-state index contributed by atoms with van der Waals surface area (Å²) in [5, 5.41) is 14.0. The first kappa shape index (κ1) is 23.9. The number of anilines is 2. The van der Waals surface area contributed by atoms with Crippen molar-refractivity contribution in [1.29, 1.82) is 0 Å². The lowest BCUT2D eigenvalue weighted by atomic mass is 10.0. The molecular weight excluding hydrogens is 479 g/mol. The molecule has 10 nitrogen and oxygen atoms in total. The van der Waals surface area contributed by atoms with Gasteiger partial charge in [-0.05, 0) is 38.8 Å². The van der Waals surface area contributed by atoms with E-state index < -0.39 is 24.2 Å². The Hall–Kier alpha value is -3.77. The molecule has 2 atom stereocenters.